The lowest BCUT2D eigenvalue weighted by molar-refractivity contribution is 0.0525. The number of benzene rings is 2. The van der Waals surface area contributed by atoms with Crippen molar-refractivity contribution in [3.05, 3.63) is 83.2 Å². The maximum atomic E-state index is 12.5. The second-order valence-corrected chi connectivity index (χ2v) is 6.84. The first-order chi connectivity index (χ1) is 14.0. The van der Waals surface area contributed by atoms with E-state index in [0.29, 0.717) is 30.0 Å². The molecule has 2 aromatic carbocycles. The van der Waals surface area contributed by atoms with E-state index in [1.165, 1.54) is 11.8 Å². The molecule has 6 nitrogen and oxygen atoms in total. The summed E-state index contributed by atoms with van der Waals surface area (Å²) in [7, 11) is 0. The molecule has 0 aliphatic carbocycles. The highest BCUT2D eigenvalue weighted by atomic mass is 16.5. The molecule has 0 unspecified atom stereocenters. The van der Waals surface area contributed by atoms with Crippen molar-refractivity contribution in [2.45, 2.75) is 26.7 Å². The van der Waals surface area contributed by atoms with Crippen LogP contribution < -0.4 is 5.32 Å². The van der Waals surface area contributed by atoms with Gasteiger partial charge in [-0.05, 0) is 49.6 Å². The van der Waals surface area contributed by atoms with Crippen molar-refractivity contribution in [3.63, 3.8) is 0 Å². The van der Waals surface area contributed by atoms with Crippen LogP contribution in [0.3, 0.4) is 0 Å². The highest BCUT2D eigenvalue weighted by molar-refractivity contribution is 5.94. The van der Waals surface area contributed by atoms with Crippen molar-refractivity contribution in [3.8, 4) is 5.69 Å². The van der Waals surface area contributed by atoms with E-state index in [2.05, 4.69) is 29.5 Å². The molecule has 29 heavy (non-hydrogen) atoms. The van der Waals surface area contributed by atoms with Gasteiger partial charge in [0.1, 0.15) is 5.56 Å². The molecule has 0 aliphatic rings. The predicted octanol–water partition coefficient (Wildman–Crippen LogP) is 3.89. The van der Waals surface area contributed by atoms with E-state index in [1.807, 2.05) is 37.3 Å². The highest BCUT2D eigenvalue weighted by Crippen LogP contribution is 2.17. The number of ether oxygens (including phenoxy) is 1. The van der Waals surface area contributed by atoms with Gasteiger partial charge in [0.25, 0.3) is 5.91 Å². The molecule has 0 spiro atoms. The average molecular weight is 391 g/mol. The van der Waals surface area contributed by atoms with E-state index < -0.39 is 0 Å². The zero-order chi connectivity index (χ0) is 20.8. The molecular weight excluding hydrogens is 366 g/mol. The smallest absolute Gasteiger partial charge is 0.341 e. The Bertz CT molecular complexity index is 978. The third kappa shape index (κ3) is 4.71. The molecule has 0 aliphatic heterocycles. The molecule has 0 radical (unpaired) electrons. The van der Waals surface area contributed by atoms with E-state index in [0.717, 1.165) is 5.69 Å². The molecule has 3 aromatic rings. The lowest BCUT2D eigenvalue weighted by atomic mass is 10.0. The van der Waals surface area contributed by atoms with Gasteiger partial charge in [0.15, 0.2) is 0 Å². The monoisotopic (exact) mass is 391 g/mol. The van der Waals surface area contributed by atoms with Crippen molar-refractivity contribution in [1.29, 1.82) is 0 Å². The van der Waals surface area contributed by atoms with E-state index in [4.69, 9.17) is 4.74 Å². The molecule has 1 N–H and O–H groups in total. The van der Waals surface area contributed by atoms with E-state index in [9.17, 15) is 9.59 Å². The molecular formula is C23H25N3O3. The Morgan fingerprint density at radius 2 is 1.79 bits per heavy atom. The zero-order valence-corrected chi connectivity index (χ0v) is 16.9. The van der Waals surface area contributed by atoms with Gasteiger partial charge in [-0.2, -0.15) is 5.10 Å². The second-order valence-electron chi connectivity index (χ2n) is 6.84. The molecule has 0 bridgehead atoms. The SMILES string of the molecule is CCOC(=O)c1cnn(-c2ccc(C(=O)NC[C@@H](C)c3ccccc3)cc2)c1C. The van der Waals surface area contributed by atoms with Gasteiger partial charge in [-0.3, -0.25) is 4.79 Å². The summed E-state index contributed by atoms with van der Waals surface area (Å²) in [5.74, 6) is -0.282. The summed E-state index contributed by atoms with van der Waals surface area (Å²) < 4.78 is 6.70. The standard InChI is InChI=1S/C23H25N3O3/c1-4-29-23(28)21-15-25-26(17(21)3)20-12-10-19(11-13-20)22(27)24-14-16(2)18-8-6-5-7-9-18/h5-13,15-16H,4,14H2,1-3H3,(H,24,27)/t16-/m1/s1. The Morgan fingerprint density at radius 1 is 1.10 bits per heavy atom. The maximum absolute atomic E-state index is 12.5. The topological polar surface area (TPSA) is 73.2 Å². The average Bonchev–Trinajstić information content (AvgIpc) is 3.14. The van der Waals surface area contributed by atoms with Gasteiger partial charge < -0.3 is 10.1 Å². The van der Waals surface area contributed by atoms with Crippen molar-refractivity contribution in [2.75, 3.05) is 13.2 Å². The van der Waals surface area contributed by atoms with Crippen LogP contribution in [0.2, 0.25) is 0 Å². The summed E-state index contributed by atoms with van der Waals surface area (Å²) in [6.07, 6.45) is 1.50. The number of esters is 1. The molecule has 1 heterocycles. The number of amides is 1. The Balaban J connectivity index is 1.66. The van der Waals surface area contributed by atoms with Crippen LogP contribution in [-0.2, 0) is 4.74 Å². The van der Waals surface area contributed by atoms with Crippen LogP contribution in [0.25, 0.3) is 5.69 Å². The zero-order valence-electron chi connectivity index (χ0n) is 16.9. The van der Waals surface area contributed by atoms with Crippen LogP contribution >= 0.6 is 0 Å². The van der Waals surface area contributed by atoms with E-state index >= 15 is 0 Å². The van der Waals surface area contributed by atoms with Gasteiger partial charge >= 0.3 is 5.97 Å². The first-order valence-corrected chi connectivity index (χ1v) is 9.66. The molecule has 1 aromatic heterocycles. The normalized spacial score (nSPS) is 11.7. The Hall–Kier alpha value is -3.41. The lowest BCUT2D eigenvalue weighted by Crippen LogP contribution is -2.27. The van der Waals surface area contributed by atoms with Crippen LogP contribution in [0.5, 0.6) is 0 Å². The van der Waals surface area contributed by atoms with Crippen LogP contribution in [0.4, 0.5) is 0 Å². The van der Waals surface area contributed by atoms with E-state index in [-0.39, 0.29) is 17.8 Å². The number of nitrogens with zero attached hydrogens (tertiary/aromatic N) is 2. The number of nitrogens with one attached hydrogen (secondary N) is 1. The minimum absolute atomic E-state index is 0.122. The highest BCUT2D eigenvalue weighted by Gasteiger charge is 2.16. The molecule has 0 saturated heterocycles. The molecule has 1 amide bonds. The van der Waals surface area contributed by atoms with Crippen LogP contribution in [-0.4, -0.2) is 34.8 Å². The van der Waals surface area contributed by atoms with Crippen LogP contribution in [0.1, 0.15) is 51.7 Å². The minimum atomic E-state index is -0.389. The van der Waals surface area contributed by atoms with Gasteiger partial charge in [0.05, 0.1) is 24.2 Å². The van der Waals surface area contributed by atoms with Crippen molar-refractivity contribution < 1.29 is 14.3 Å². The van der Waals surface area contributed by atoms with E-state index in [1.54, 1.807) is 23.7 Å². The first kappa shape index (κ1) is 20.3. The number of carbonyl (C=O) groups is 2. The summed E-state index contributed by atoms with van der Waals surface area (Å²) in [6.45, 7) is 6.54. The largest absolute Gasteiger partial charge is 0.462 e. The Morgan fingerprint density at radius 3 is 2.45 bits per heavy atom. The fraction of sp³-hybridized carbons (Fsp3) is 0.261. The van der Waals surface area contributed by atoms with Gasteiger partial charge in [0, 0.05) is 12.1 Å². The van der Waals surface area contributed by atoms with Crippen LogP contribution in [0, 0.1) is 6.92 Å². The molecule has 0 fully saturated rings. The van der Waals surface area contributed by atoms with Crippen molar-refractivity contribution in [2.24, 2.45) is 0 Å². The van der Waals surface area contributed by atoms with Crippen molar-refractivity contribution >= 4 is 11.9 Å². The quantitative estimate of drug-likeness (QED) is 0.620. The van der Waals surface area contributed by atoms with Gasteiger partial charge in [-0.15, -0.1) is 0 Å². The number of carbonyl (C=O) groups excluding carboxylic acids is 2. The number of hydrogen-bond acceptors (Lipinski definition) is 4. The van der Waals surface area contributed by atoms with Gasteiger partial charge in [-0.1, -0.05) is 37.3 Å². The Kier molecular flexibility index (Phi) is 6.44. The third-order valence-electron chi connectivity index (χ3n) is 4.82. The molecule has 3 rings (SSSR count). The van der Waals surface area contributed by atoms with Crippen molar-refractivity contribution in [1.82, 2.24) is 15.1 Å². The summed E-state index contributed by atoms with van der Waals surface area (Å²) >= 11 is 0. The summed E-state index contributed by atoms with van der Waals surface area (Å²) in [4.78, 5) is 24.4. The summed E-state index contributed by atoms with van der Waals surface area (Å²) in [5.41, 5.74) is 3.66. The molecule has 150 valence electrons. The second kappa shape index (κ2) is 9.19. The molecule has 0 saturated carbocycles. The molecule has 1 atom stereocenters. The van der Waals surface area contributed by atoms with Crippen LogP contribution in [0.15, 0.2) is 60.8 Å². The third-order valence-corrected chi connectivity index (χ3v) is 4.82. The number of rotatable bonds is 7. The summed E-state index contributed by atoms with van der Waals surface area (Å²) in [6, 6.07) is 17.2. The lowest BCUT2D eigenvalue weighted by Gasteiger charge is -2.13. The van der Waals surface area contributed by atoms with Gasteiger partial charge in [-0.25, -0.2) is 9.48 Å². The van der Waals surface area contributed by atoms with Gasteiger partial charge in [0.2, 0.25) is 0 Å². The number of hydrogen-bond donors (Lipinski definition) is 1. The Labute approximate surface area is 170 Å². The fourth-order valence-corrected chi connectivity index (χ4v) is 3.08. The first-order valence-electron chi connectivity index (χ1n) is 9.66. The fourth-order valence-electron chi connectivity index (χ4n) is 3.08. The maximum Gasteiger partial charge on any atom is 0.341 e. The minimum Gasteiger partial charge on any atom is -0.462 e. The molecule has 6 heteroatoms. The predicted molar refractivity (Wildman–Crippen MR) is 111 cm³/mol. The summed E-state index contributed by atoms with van der Waals surface area (Å²) in [5, 5.41) is 7.25. The number of aromatic nitrogens is 2.